The van der Waals surface area contributed by atoms with Crippen molar-refractivity contribution in [2.24, 2.45) is 12.8 Å². The molecule has 11 heteroatoms. The Balaban J connectivity index is 1.57. The van der Waals surface area contributed by atoms with Crippen molar-refractivity contribution < 1.29 is 23.4 Å². The number of thiazole rings is 1. The van der Waals surface area contributed by atoms with Crippen LogP contribution in [0.1, 0.15) is 42.6 Å². The van der Waals surface area contributed by atoms with E-state index in [1.165, 1.54) is 17.6 Å². The average Bonchev–Trinajstić information content (AvgIpc) is 3.33. The number of nitrogens with one attached hydrogen (secondary N) is 1. The molecule has 170 valence electrons. The monoisotopic (exact) mass is 463 g/mol. The van der Waals surface area contributed by atoms with Crippen LogP contribution < -0.4 is 11.1 Å². The predicted octanol–water partition coefficient (Wildman–Crippen LogP) is 3.00. The zero-order chi connectivity index (χ0) is 23.2. The number of nitrogens with zero attached hydrogens (tertiary/aromatic N) is 3. The second-order valence-corrected chi connectivity index (χ2v) is 8.85. The summed E-state index contributed by atoms with van der Waals surface area (Å²) in [5.41, 5.74) is 5.70. The van der Waals surface area contributed by atoms with Crippen molar-refractivity contribution in [3.8, 4) is 10.6 Å². The highest BCUT2D eigenvalue weighted by Crippen LogP contribution is 2.38. The highest BCUT2D eigenvalue weighted by atomic mass is 32.1. The standard InChI is InChI=1S/C21H23F2N5O3S/c1-10-21(2,30)16(24)7-15(31-10)18-13(8-25-28(18)3)26-19(29)14-9-32-20(27-14)17-11(22)5-4-6-12(17)23/h4-6,8-10,15-16,30H,7,24H2,1-3H3,(H,26,29)/t10-,15-,16-,21-/m1/s1. The quantitative estimate of drug-likeness (QED) is 0.548. The van der Waals surface area contributed by atoms with E-state index in [2.05, 4.69) is 15.4 Å². The number of rotatable bonds is 4. The van der Waals surface area contributed by atoms with Crippen LogP contribution >= 0.6 is 11.3 Å². The molecule has 0 spiro atoms. The molecule has 1 saturated heterocycles. The van der Waals surface area contributed by atoms with E-state index in [-0.39, 0.29) is 16.3 Å². The molecule has 0 unspecified atom stereocenters. The summed E-state index contributed by atoms with van der Waals surface area (Å²) in [5.74, 6) is -2.06. The Hall–Kier alpha value is -2.73. The van der Waals surface area contributed by atoms with Gasteiger partial charge in [0.2, 0.25) is 0 Å². The number of anilines is 1. The number of amides is 1. The van der Waals surface area contributed by atoms with Crippen LogP contribution in [0.25, 0.3) is 10.6 Å². The number of carbonyl (C=O) groups excluding carboxylic acids is 1. The fraction of sp³-hybridized carbons (Fsp3) is 0.381. The fourth-order valence-electron chi connectivity index (χ4n) is 3.69. The van der Waals surface area contributed by atoms with Gasteiger partial charge in [-0.3, -0.25) is 9.48 Å². The van der Waals surface area contributed by atoms with Crippen LogP contribution in [0.4, 0.5) is 14.5 Å². The molecule has 2 aromatic heterocycles. The van der Waals surface area contributed by atoms with Crippen LogP contribution in [-0.4, -0.2) is 43.5 Å². The first-order valence-electron chi connectivity index (χ1n) is 9.96. The van der Waals surface area contributed by atoms with E-state index in [9.17, 15) is 18.7 Å². The highest BCUT2D eigenvalue weighted by molar-refractivity contribution is 7.13. The van der Waals surface area contributed by atoms with E-state index in [0.29, 0.717) is 17.8 Å². The van der Waals surface area contributed by atoms with Crippen LogP contribution in [0.2, 0.25) is 0 Å². The lowest BCUT2D eigenvalue weighted by molar-refractivity contribution is -0.172. The molecule has 0 saturated carbocycles. The molecular formula is C21H23F2N5O3S. The zero-order valence-electron chi connectivity index (χ0n) is 17.7. The van der Waals surface area contributed by atoms with Crippen molar-refractivity contribution in [1.82, 2.24) is 14.8 Å². The van der Waals surface area contributed by atoms with E-state index >= 15 is 0 Å². The Labute approximate surface area is 187 Å². The number of hydrogen-bond donors (Lipinski definition) is 3. The van der Waals surface area contributed by atoms with Gasteiger partial charge in [0, 0.05) is 18.5 Å². The molecule has 0 aliphatic carbocycles. The van der Waals surface area contributed by atoms with Crippen LogP contribution in [0, 0.1) is 11.6 Å². The SMILES string of the molecule is C[C@H]1O[C@@H](c2c(NC(=O)c3csc(-c4c(F)cccc4F)n3)cnn2C)C[C@@H](N)[C@]1(C)O. The van der Waals surface area contributed by atoms with Crippen LogP contribution in [-0.2, 0) is 11.8 Å². The van der Waals surface area contributed by atoms with Gasteiger partial charge >= 0.3 is 0 Å². The molecule has 4 atom stereocenters. The van der Waals surface area contributed by atoms with Gasteiger partial charge in [0.25, 0.3) is 5.91 Å². The molecule has 1 aliphatic rings. The minimum Gasteiger partial charge on any atom is -0.386 e. The summed E-state index contributed by atoms with van der Waals surface area (Å²) >= 11 is 0.966. The average molecular weight is 464 g/mol. The van der Waals surface area contributed by atoms with Crippen molar-refractivity contribution in [2.45, 2.75) is 44.1 Å². The van der Waals surface area contributed by atoms with Gasteiger partial charge in [0.15, 0.2) is 0 Å². The molecule has 0 bridgehead atoms. The molecular weight excluding hydrogens is 440 g/mol. The Morgan fingerprint density at radius 3 is 2.75 bits per heavy atom. The van der Waals surface area contributed by atoms with Gasteiger partial charge in [-0.1, -0.05) is 6.07 Å². The van der Waals surface area contributed by atoms with E-state index in [4.69, 9.17) is 10.5 Å². The summed E-state index contributed by atoms with van der Waals surface area (Å²) < 4.78 is 35.6. The molecule has 32 heavy (non-hydrogen) atoms. The number of hydrogen-bond acceptors (Lipinski definition) is 7. The third-order valence-corrected chi connectivity index (χ3v) is 6.72. The van der Waals surface area contributed by atoms with Gasteiger partial charge in [-0.25, -0.2) is 13.8 Å². The van der Waals surface area contributed by atoms with Crippen molar-refractivity contribution in [3.05, 3.63) is 52.8 Å². The Bertz CT molecular complexity index is 1130. The summed E-state index contributed by atoms with van der Waals surface area (Å²) in [4.78, 5) is 16.9. The van der Waals surface area contributed by atoms with Gasteiger partial charge in [-0.2, -0.15) is 5.10 Å². The number of aromatic nitrogens is 3. The normalized spacial score (nSPS) is 25.7. The number of aliphatic hydroxyl groups is 1. The number of aryl methyl sites for hydroxylation is 1. The summed E-state index contributed by atoms with van der Waals surface area (Å²) in [6, 6.07) is 2.99. The van der Waals surface area contributed by atoms with E-state index in [1.54, 1.807) is 25.6 Å². The minimum absolute atomic E-state index is 0.0139. The molecule has 1 amide bonds. The van der Waals surface area contributed by atoms with Crippen LogP contribution in [0.15, 0.2) is 29.8 Å². The maximum Gasteiger partial charge on any atom is 0.275 e. The van der Waals surface area contributed by atoms with Gasteiger partial charge in [0.1, 0.15) is 34.0 Å². The Morgan fingerprint density at radius 1 is 1.41 bits per heavy atom. The number of benzene rings is 1. The number of ether oxygens (including phenoxy) is 1. The fourth-order valence-corrected chi connectivity index (χ4v) is 4.54. The summed E-state index contributed by atoms with van der Waals surface area (Å²) in [6.07, 6.45) is 0.768. The van der Waals surface area contributed by atoms with Crippen molar-refractivity contribution >= 4 is 22.9 Å². The van der Waals surface area contributed by atoms with E-state index in [0.717, 1.165) is 23.5 Å². The van der Waals surface area contributed by atoms with E-state index < -0.39 is 41.4 Å². The van der Waals surface area contributed by atoms with Gasteiger partial charge in [-0.05, 0) is 32.4 Å². The second-order valence-electron chi connectivity index (χ2n) is 7.99. The molecule has 4 N–H and O–H groups in total. The minimum atomic E-state index is -1.18. The molecule has 8 nitrogen and oxygen atoms in total. The molecule has 1 fully saturated rings. The number of halogens is 2. The molecule has 4 rings (SSSR count). The second kappa shape index (κ2) is 8.32. The Kier molecular flexibility index (Phi) is 5.84. The maximum absolute atomic E-state index is 14.0. The van der Waals surface area contributed by atoms with E-state index in [1.807, 2.05) is 0 Å². The lowest BCUT2D eigenvalue weighted by Gasteiger charge is -2.43. The first kappa shape index (κ1) is 22.5. The largest absolute Gasteiger partial charge is 0.386 e. The zero-order valence-corrected chi connectivity index (χ0v) is 18.5. The lowest BCUT2D eigenvalue weighted by Crippen LogP contribution is -2.58. The molecule has 3 heterocycles. The third-order valence-electron chi connectivity index (χ3n) is 5.86. The highest BCUT2D eigenvalue weighted by Gasteiger charge is 2.44. The molecule has 1 aromatic carbocycles. The summed E-state index contributed by atoms with van der Waals surface area (Å²) in [7, 11) is 1.71. The number of carbonyl (C=O) groups is 1. The van der Waals surface area contributed by atoms with Crippen molar-refractivity contribution in [1.29, 1.82) is 0 Å². The molecule has 0 radical (unpaired) electrons. The smallest absolute Gasteiger partial charge is 0.275 e. The van der Waals surface area contributed by atoms with Gasteiger partial charge in [0.05, 0.1) is 29.2 Å². The summed E-state index contributed by atoms with van der Waals surface area (Å²) in [6.45, 7) is 3.36. The van der Waals surface area contributed by atoms with Gasteiger partial charge in [-0.15, -0.1) is 11.3 Å². The summed E-state index contributed by atoms with van der Waals surface area (Å²) in [5, 5.41) is 18.9. The first-order chi connectivity index (χ1) is 15.1. The maximum atomic E-state index is 14.0. The number of nitrogens with two attached hydrogens (primary N) is 1. The topological polar surface area (TPSA) is 115 Å². The molecule has 3 aromatic rings. The van der Waals surface area contributed by atoms with Crippen LogP contribution in [0.5, 0.6) is 0 Å². The Morgan fingerprint density at radius 2 is 2.09 bits per heavy atom. The predicted molar refractivity (Wildman–Crippen MR) is 115 cm³/mol. The lowest BCUT2D eigenvalue weighted by atomic mass is 9.84. The van der Waals surface area contributed by atoms with Crippen molar-refractivity contribution in [3.63, 3.8) is 0 Å². The van der Waals surface area contributed by atoms with Crippen molar-refractivity contribution in [2.75, 3.05) is 5.32 Å². The first-order valence-corrected chi connectivity index (χ1v) is 10.8. The van der Waals surface area contributed by atoms with Crippen LogP contribution in [0.3, 0.4) is 0 Å². The molecule has 1 aliphatic heterocycles. The van der Waals surface area contributed by atoms with Gasteiger partial charge < -0.3 is 20.9 Å². The third kappa shape index (κ3) is 3.92.